The van der Waals surface area contributed by atoms with Crippen LogP contribution in [0, 0.1) is 0 Å². The van der Waals surface area contributed by atoms with Gasteiger partial charge in [-0.15, -0.1) is 0 Å². The zero-order valence-corrected chi connectivity index (χ0v) is 8.24. The zero-order chi connectivity index (χ0) is 11.2. The van der Waals surface area contributed by atoms with E-state index in [-0.39, 0.29) is 0 Å². The van der Waals surface area contributed by atoms with E-state index in [4.69, 9.17) is 0 Å². The molecule has 0 radical (unpaired) electrons. The van der Waals surface area contributed by atoms with E-state index < -0.39 is 24.7 Å². The van der Waals surface area contributed by atoms with Crippen LogP contribution >= 0.6 is 0 Å². The number of amides is 2. The Morgan fingerprint density at radius 1 is 1.43 bits per heavy atom. The lowest BCUT2D eigenvalue weighted by atomic mass is 10.2. The molecule has 0 saturated carbocycles. The first-order chi connectivity index (χ1) is 6.35. The number of urea groups is 1. The smallest absolute Gasteiger partial charge is 0.338 e. The molecule has 2 N–H and O–H groups in total. The van der Waals surface area contributed by atoms with Crippen LogP contribution in [-0.4, -0.2) is 24.8 Å². The largest absolute Gasteiger partial charge is 0.391 e. The van der Waals surface area contributed by atoms with Gasteiger partial charge in [0.1, 0.15) is 0 Å². The molecule has 0 aliphatic heterocycles. The van der Waals surface area contributed by atoms with E-state index in [1.54, 1.807) is 0 Å². The third-order valence-electron chi connectivity index (χ3n) is 1.45. The lowest BCUT2D eigenvalue weighted by molar-refractivity contribution is -0.138. The average Bonchev–Trinajstić information content (AvgIpc) is 1.96. The second kappa shape index (κ2) is 5.72. The minimum atomic E-state index is -4.24. The van der Waals surface area contributed by atoms with Crippen LogP contribution in [-0.2, 0) is 0 Å². The first-order valence-electron chi connectivity index (χ1n) is 4.46. The molecule has 1 atom stereocenters. The summed E-state index contributed by atoms with van der Waals surface area (Å²) in [7, 11) is 0. The number of rotatable bonds is 4. The highest BCUT2D eigenvalue weighted by molar-refractivity contribution is 5.74. The van der Waals surface area contributed by atoms with Gasteiger partial charge in [-0.25, -0.2) is 4.79 Å². The summed E-state index contributed by atoms with van der Waals surface area (Å²) < 4.78 is 35.5. The van der Waals surface area contributed by atoms with Crippen molar-refractivity contribution >= 4 is 6.03 Å². The standard InChI is InChI=1S/C8H15F3N2O/c1-3-4-12-7(14)13-6(2)5-8(9,10)11/h6H,3-5H2,1-2H3,(H2,12,13,14). The Kier molecular flexibility index (Phi) is 5.34. The second-order valence-corrected chi connectivity index (χ2v) is 3.12. The highest BCUT2D eigenvalue weighted by Crippen LogP contribution is 2.21. The van der Waals surface area contributed by atoms with Crippen LogP contribution in [0.4, 0.5) is 18.0 Å². The number of carbonyl (C=O) groups excluding carboxylic acids is 1. The van der Waals surface area contributed by atoms with Crippen LogP contribution in [0.1, 0.15) is 26.7 Å². The maximum absolute atomic E-state index is 11.8. The number of hydrogen-bond acceptors (Lipinski definition) is 1. The van der Waals surface area contributed by atoms with Crippen molar-refractivity contribution < 1.29 is 18.0 Å². The fourth-order valence-corrected chi connectivity index (χ4v) is 0.912. The molecule has 0 aliphatic carbocycles. The third kappa shape index (κ3) is 7.70. The van der Waals surface area contributed by atoms with E-state index in [1.807, 2.05) is 6.92 Å². The summed E-state index contributed by atoms with van der Waals surface area (Å²) in [6.07, 6.45) is -4.49. The van der Waals surface area contributed by atoms with Crippen LogP contribution in [0.25, 0.3) is 0 Å². The van der Waals surface area contributed by atoms with Crippen molar-refractivity contribution in [3.8, 4) is 0 Å². The molecular weight excluding hydrogens is 197 g/mol. The van der Waals surface area contributed by atoms with Crippen molar-refractivity contribution in [1.82, 2.24) is 10.6 Å². The first-order valence-corrected chi connectivity index (χ1v) is 4.46. The Morgan fingerprint density at radius 2 is 2.00 bits per heavy atom. The number of carbonyl (C=O) groups is 1. The predicted octanol–water partition coefficient (Wildman–Crippen LogP) is 2.04. The van der Waals surface area contributed by atoms with Crippen LogP contribution < -0.4 is 10.6 Å². The molecule has 0 fully saturated rings. The predicted molar refractivity (Wildman–Crippen MR) is 47.0 cm³/mol. The molecule has 0 bridgehead atoms. The van der Waals surface area contributed by atoms with Gasteiger partial charge in [0.05, 0.1) is 6.42 Å². The molecule has 0 aromatic carbocycles. The van der Waals surface area contributed by atoms with Crippen LogP contribution in [0.2, 0.25) is 0 Å². The van der Waals surface area contributed by atoms with Gasteiger partial charge < -0.3 is 10.6 Å². The van der Waals surface area contributed by atoms with E-state index in [0.29, 0.717) is 6.54 Å². The van der Waals surface area contributed by atoms with Gasteiger partial charge in [-0.1, -0.05) is 6.92 Å². The van der Waals surface area contributed by atoms with E-state index in [0.717, 1.165) is 6.42 Å². The Balaban J connectivity index is 3.71. The van der Waals surface area contributed by atoms with Crippen molar-refractivity contribution in [1.29, 1.82) is 0 Å². The van der Waals surface area contributed by atoms with Gasteiger partial charge >= 0.3 is 12.2 Å². The molecule has 1 unspecified atom stereocenters. The van der Waals surface area contributed by atoms with Crippen molar-refractivity contribution in [2.45, 2.75) is 38.9 Å². The molecular formula is C8H15F3N2O. The summed E-state index contributed by atoms with van der Waals surface area (Å²) >= 11 is 0. The molecule has 14 heavy (non-hydrogen) atoms. The number of hydrogen-bond donors (Lipinski definition) is 2. The summed E-state index contributed by atoms with van der Waals surface area (Å²) in [4.78, 5) is 10.9. The number of alkyl halides is 3. The Morgan fingerprint density at radius 3 is 2.43 bits per heavy atom. The number of nitrogens with one attached hydrogen (secondary N) is 2. The fourth-order valence-electron chi connectivity index (χ4n) is 0.912. The summed E-state index contributed by atoms with van der Waals surface area (Å²) in [6.45, 7) is 3.64. The molecule has 6 heteroatoms. The lowest BCUT2D eigenvalue weighted by Crippen LogP contribution is -2.42. The Bertz CT molecular complexity index is 182. The van der Waals surface area contributed by atoms with E-state index in [9.17, 15) is 18.0 Å². The quantitative estimate of drug-likeness (QED) is 0.735. The van der Waals surface area contributed by atoms with Gasteiger partial charge in [0.25, 0.3) is 0 Å². The summed E-state index contributed by atoms with van der Waals surface area (Å²) in [5, 5.41) is 4.63. The van der Waals surface area contributed by atoms with Crippen molar-refractivity contribution in [3.05, 3.63) is 0 Å². The summed E-state index contributed by atoms with van der Waals surface area (Å²) in [5.74, 6) is 0. The normalized spacial score (nSPS) is 13.5. The van der Waals surface area contributed by atoms with Crippen molar-refractivity contribution in [3.63, 3.8) is 0 Å². The zero-order valence-electron chi connectivity index (χ0n) is 8.24. The number of halogens is 3. The molecule has 0 aromatic heterocycles. The van der Waals surface area contributed by atoms with Gasteiger partial charge in [-0.3, -0.25) is 0 Å². The SMILES string of the molecule is CCCNC(=O)NC(C)CC(F)(F)F. The molecule has 0 heterocycles. The highest BCUT2D eigenvalue weighted by atomic mass is 19.4. The minimum Gasteiger partial charge on any atom is -0.338 e. The van der Waals surface area contributed by atoms with Gasteiger partial charge in [0.2, 0.25) is 0 Å². The van der Waals surface area contributed by atoms with E-state index in [2.05, 4.69) is 10.6 Å². The fraction of sp³-hybridized carbons (Fsp3) is 0.875. The van der Waals surface area contributed by atoms with Gasteiger partial charge in [0, 0.05) is 12.6 Å². The molecule has 84 valence electrons. The maximum Gasteiger partial charge on any atom is 0.391 e. The van der Waals surface area contributed by atoms with Crippen molar-refractivity contribution in [2.24, 2.45) is 0 Å². The van der Waals surface area contributed by atoms with Gasteiger partial charge in [-0.05, 0) is 13.3 Å². The molecule has 0 aromatic rings. The molecule has 0 saturated heterocycles. The molecule has 0 rings (SSSR count). The topological polar surface area (TPSA) is 41.1 Å². The van der Waals surface area contributed by atoms with Gasteiger partial charge in [-0.2, -0.15) is 13.2 Å². The summed E-state index contributed by atoms with van der Waals surface area (Å²) in [6, 6.07) is -1.45. The Hall–Kier alpha value is -0.940. The average molecular weight is 212 g/mol. The highest BCUT2D eigenvalue weighted by Gasteiger charge is 2.30. The second-order valence-electron chi connectivity index (χ2n) is 3.12. The van der Waals surface area contributed by atoms with E-state index >= 15 is 0 Å². The molecule has 3 nitrogen and oxygen atoms in total. The van der Waals surface area contributed by atoms with E-state index in [1.165, 1.54) is 6.92 Å². The molecule has 0 spiro atoms. The van der Waals surface area contributed by atoms with Crippen LogP contribution in [0.15, 0.2) is 0 Å². The first kappa shape index (κ1) is 13.1. The lowest BCUT2D eigenvalue weighted by Gasteiger charge is -2.15. The third-order valence-corrected chi connectivity index (χ3v) is 1.45. The molecule has 2 amide bonds. The van der Waals surface area contributed by atoms with Crippen LogP contribution in [0.5, 0.6) is 0 Å². The van der Waals surface area contributed by atoms with Crippen LogP contribution in [0.3, 0.4) is 0 Å². The maximum atomic E-state index is 11.8. The monoisotopic (exact) mass is 212 g/mol. The minimum absolute atomic E-state index is 0.463. The Labute approximate surface area is 81.1 Å². The summed E-state index contributed by atoms with van der Waals surface area (Å²) in [5.41, 5.74) is 0. The molecule has 0 aliphatic rings. The van der Waals surface area contributed by atoms with Gasteiger partial charge in [0.15, 0.2) is 0 Å². The van der Waals surface area contributed by atoms with Crippen molar-refractivity contribution in [2.75, 3.05) is 6.54 Å².